The second-order valence-electron chi connectivity index (χ2n) is 6.31. The zero-order valence-electron chi connectivity index (χ0n) is 14.7. The summed E-state index contributed by atoms with van der Waals surface area (Å²) in [7, 11) is 0. The Labute approximate surface area is 154 Å². The van der Waals surface area contributed by atoms with E-state index in [-0.39, 0.29) is 24.0 Å². The number of amides is 1. The van der Waals surface area contributed by atoms with Crippen molar-refractivity contribution in [1.82, 2.24) is 19.4 Å². The molecule has 25 heavy (non-hydrogen) atoms. The third-order valence-electron chi connectivity index (χ3n) is 4.61. The summed E-state index contributed by atoms with van der Waals surface area (Å²) in [6, 6.07) is 7.83. The van der Waals surface area contributed by atoms with Crippen LogP contribution in [0.4, 0.5) is 0 Å². The number of aromatic nitrogens is 2. The molecule has 3 rings (SSSR count). The minimum absolute atomic E-state index is 0. The Morgan fingerprint density at radius 1 is 1.08 bits per heavy atom. The van der Waals surface area contributed by atoms with Crippen molar-refractivity contribution in [2.45, 2.75) is 39.3 Å². The van der Waals surface area contributed by atoms with Crippen LogP contribution in [0.25, 0.3) is 11.0 Å². The second-order valence-corrected chi connectivity index (χ2v) is 6.31. The number of nitrogens with one attached hydrogen (secondary N) is 1. The molecule has 2 aromatic rings. The molecule has 1 amide bonds. The summed E-state index contributed by atoms with van der Waals surface area (Å²) >= 11 is 0. The van der Waals surface area contributed by atoms with Gasteiger partial charge in [-0.25, -0.2) is 4.79 Å². The molecule has 1 saturated heterocycles. The predicted octanol–water partition coefficient (Wildman–Crippen LogP) is 1.85. The molecule has 0 unspecified atom stereocenters. The molecule has 1 aliphatic heterocycles. The third-order valence-corrected chi connectivity index (χ3v) is 4.61. The van der Waals surface area contributed by atoms with E-state index in [9.17, 15) is 9.59 Å². The van der Waals surface area contributed by atoms with Gasteiger partial charge in [-0.1, -0.05) is 19.1 Å². The number of halogens is 1. The number of aryl methyl sites for hydroxylation is 2. The van der Waals surface area contributed by atoms with Crippen LogP contribution in [0.2, 0.25) is 0 Å². The van der Waals surface area contributed by atoms with Gasteiger partial charge in [-0.2, -0.15) is 0 Å². The van der Waals surface area contributed by atoms with Gasteiger partial charge in [0, 0.05) is 39.1 Å². The number of nitrogens with zero attached hydrogens (tertiary/aromatic N) is 3. The van der Waals surface area contributed by atoms with E-state index in [1.807, 2.05) is 33.7 Å². The maximum absolute atomic E-state index is 12.7. The van der Waals surface area contributed by atoms with Crippen LogP contribution in [0.5, 0.6) is 0 Å². The molecule has 0 bridgehead atoms. The lowest BCUT2D eigenvalue weighted by atomic mass is 10.3. The van der Waals surface area contributed by atoms with Gasteiger partial charge in [-0.3, -0.25) is 13.9 Å². The highest BCUT2D eigenvalue weighted by atomic mass is 35.5. The van der Waals surface area contributed by atoms with Crippen LogP contribution in [-0.2, 0) is 17.9 Å². The number of fused-ring (bicyclic) bond motifs is 1. The van der Waals surface area contributed by atoms with Crippen LogP contribution in [0, 0.1) is 0 Å². The van der Waals surface area contributed by atoms with Gasteiger partial charge in [0.1, 0.15) is 0 Å². The van der Waals surface area contributed by atoms with Crippen molar-refractivity contribution in [3.63, 3.8) is 0 Å². The molecule has 1 fully saturated rings. The second kappa shape index (κ2) is 9.06. The van der Waals surface area contributed by atoms with E-state index >= 15 is 0 Å². The lowest BCUT2D eigenvalue weighted by molar-refractivity contribution is -0.131. The lowest BCUT2D eigenvalue weighted by Crippen LogP contribution is -2.35. The Morgan fingerprint density at radius 2 is 1.76 bits per heavy atom. The average molecular weight is 367 g/mol. The SMILES string of the molecule is CCCn1c(=O)n(CCC(=O)N2CCCNCC2)c2ccccc21.Cl. The predicted molar refractivity (Wildman–Crippen MR) is 102 cm³/mol. The van der Waals surface area contributed by atoms with Crippen molar-refractivity contribution in [1.29, 1.82) is 0 Å². The summed E-state index contributed by atoms with van der Waals surface area (Å²) in [5, 5.41) is 3.30. The van der Waals surface area contributed by atoms with Crippen molar-refractivity contribution in [2.75, 3.05) is 26.2 Å². The van der Waals surface area contributed by atoms with E-state index in [1.165, 1.54) is 0 Å². The molecule has 0 aliphatic carbocycles. The van der Waals surface area contributed by atoms with Crippen molar-refractivity contribution in [2.24, 2.45) is 0 Å². The largest absolute Gasteiger partial charge is 0.341 e. The van der Waals surface area contributed by atoms with Crippen LogP contribution in [0.3, 0.4) is 0 Å². The molecular weight excluding hydrogens is 340 g/mol. The number of carbonyl (C=O) groups excluding carboxylic acids is 1. The molecule has 0 radical (unpaired) electrons. The summed E-state index contributed by atoms with van der Waals surface area (Å²) in [4.78, 5) is 27.1. The molecular formula is C18H27ClN4O2. The third kappa shape index (κ3) is 4.25. The van der Waals surface area contributed by atoms with Gasteiger partial charge in [0.2, 0.25) is 5.91 Å². The van der Waals surface area contributed by atoms with Crippen LogP contribution in [0.15, 0.2) is 29.1 Å². The highest BCUT2D eigenvalue weighted by Gasteiger charge is 2.17. The standard InChI is InChI=1S/C18H26N4O2.ClH/c1-2-11-21-15-6-3-4-7-16(15)22(18(21)24)13-8-17(23)20-12-5-9-19-10-14-20;/h3-4,6-7,19H,2,5,8-14H2,1H3;1H. The van der Waals surface area contributed by atoms with Crippen molar-refractivity contribution in [3.8, 4) is 0 Å². The fraction of sp³-hybridized carbons (Fsp3) is 0.556. The van der Waals surface area contributed by atoms with Crippen LogP contribution in [-0.4, -0.2) is 46.1 Å². The van der Waals surface area contributed by atoms with Gasteiger partial charge in [-0.05, 0) is 31.5 Å². The molecule has 2 heterocycles. The molecule has 0 atom stereocenters. The first-order chi connectivity index (χ1) is 11.7. The monoisotopic (exact) mass is 366 g/mol. The minimum atomic E-state index is -0.0108. The van der Waals surface area contributed by atoms with Crippen LogP contribution >= 0.6 is 12.4 Å². The molecule has 1 N–H and O–H groups in total. The summed E-state index contributed by atoms with van der Waals surface area (Å²) in [5.74, 6) is 0.137. The fourth-order valence-corrected chi connectivity index (χ4v) is 3.39. The quantitative estimate of drug-likeness (QED) is 0.878. The number of para-hydroxylation sites is 2. The average Bonchev–Trinajstić information content (AvgIpc) is 2.78. The van der Waals surface area contributed by atoms with Crippen molar-refractivity contribution in [3.05, 3.63) is 34.7 Å². The number of carbonyl (C=O) groups is 1. The van der Waals surface area contributed by atoms with Crippen LogP contribution in [0.1, 0.15) is 26.2 Å². The Bertz CT molecular complexity index is 760. The number of hydrogen-bond acceptors (Lipinski definition) is 3. The fourth-order valence-electron chi connectivity index (χ4n) is 3.39. The topological polar surface area (TPSA) is 59.3 Å². The van der Waals surface area contributed by atoms with Crippen LogP contribution < -0.4 is 11.0 Å². The maximum Gasteiger partial charge on any atom is 0.329 e. The van der Waals surface area contributed by atoms with E-state index in [2.05, 4.69) is 12.2 Å². The van der Waals surface area contributed by atoms with E-state index in [0.29, 0.717) is 19.5 Å². The number of hydrogen-bond donors (Lipinski definition) is 1. The normalized spacial score (nSPS) is 15.0. The minimum Gasteiger partial charge on any atom is -0.341 e. The smallest absolute Gasteiger partial charge is 0.329 e. The summed E-state index contributed by atoms with van der Waals surface area (Å²) in [6.45, 7) is 6.59. The highest BCUT2D eigenvalue weighted by Crippen LogP contribution is 2.14. The summed E-state index contributed by atoms with van der Waals surface area (Å²) in [5.41, 5.74) is 1.86. The molecule has 7 heteroatoms. The van der Waals surface area contributed by atoms with Gasteiger partial charge in [0.05, 0.1) is 11.0 Å². The Hall–Kier alpha value is -1.79. The molecule has 6 nitrogen and oxygen atoms in total. The summed E-state index contributed by atoms with van der Waals surface area (Å²) in [6.07, 6.45) is 2.27. The number of rotatable bonds is 5. The van der Waals surface area contributed by atoms with E-state index < -0.39 is 0 Å². The van der Waals surface area contributed by atoms with Gasteiger partial charge < -0.3 is 10.2 Å². The zero-order chi connectivity index (χ0) is 16.9. The van der Waals surface area contributed by atoms with Gasteiger partial charge in [0.15, 0.2) is 0 Å². The lowest BCUT2D eigenvalue weighted by Gasteiger charge is -2.19. The van der Waals surface area contributed by atoms with Crippen molar-refractivity contribution < 1.29 is 4.79 Å². The Balaban J connectivity index is 0.00000225. The molecule has 1 aromatic heterocycles. The molecule has 0 spiro atoms. The van der Waals surface area contributed by atoms with Crippen molar-refractivity contribution >= 4 is 29.3 Å². The number of imidazole rings is 1. The molecule has 1 aliphatic rings. The first-order valence-electron chi connectivity index (χ1n) is 8.89. The van der Waals surface area contributed by atoms with Gasteiger partial charge >= 0.3 is 5.69 Å². The first-order valence-corrected chi connectivity index (χ1v) is 8.89. The molecule has 1 aromatic carbocycles. The van der Waals surface area contributed by atoms with E-state index in [4.69, 9.17) is 0 Å². The molecule has 0 saturated carbocycles. The van der Waals surface area contributed by atoms with E-state index in [0.717, 1.165) is 50.1 Å². The Kier molecular flexibility index (Phi) is 7.08. The van der Waals surface area contributed by atoms with Gasteiger partial charge in [-0.15, -0.1) is 12.4 Å². The zero-order valence-corrected chi connectivity index (χ0v) is 15.6. The summed E-state index contributed by atoms with van der Waals surface area (Å²) < 4.78 is 3.56. The highest BCUT2D eigenvalue weighted by molar-refractivity contribution is 5.85. The Morgan fingerprint density at radius 3 is 2.44 bits per heavy atom. The molecule has 138 valence electrons. The maximum atomic E-state index is 12.7. The number of benzene rings is 1. The first kappa shape index (κ1) is 19.5. The van der Waals surface area contributed by atoms with E-state index in [1.54, 1.807) is 4.57 Å². The van der Waals surface area contributed by atoms with Gasteiger partial charge in [0.25, 0.3) is 0 Å².